The van der Waals surface area contributed by atoms with Crippen molar-refractivity contribution in [2.24, 2.45) is 0 Å². The second-order valence-electron chi connectivity index (χ2n) is 6.71. The molecule has 0 radical (unpaired) electrons. The van der Waals surface area contributed by atoms with Gasteiger partial charge in [-0.1, -0.05) is 54.1 Å². The van der Waals surface area contributed by atoms with Gasteiger partial charge in [-0.2, -0.15) is 4.98 Å². The van der Waals surface area contributed by atoms with Crippen molar-refractivity contribution in [3.8, 4) is 11.3 Å². The van der Waals surface area contributed by atoms with Crippen molar-refractivity contribution in [3.05, 3.63) is 71.2 Å². The first-order valence-corrected chi connectivity index (χ1v) is 9.91. The first kappa shape index (κ1) is 18.7. The van der Waals surface area contributed by atoms with Crippen LogP contribution in [0.25, 0.3) is 11.3 Å². The van der Waals surface area contributed by atoms with E-state index in [0.29, 0.717) is 5.95 Å². The first-order valence-electron chi connectivity index (χ1n) is 9.53. The molecule has 0 atom stereocenters. The number of hydrogen-bond donors (Lipinski definition) is 1. The maximum atomic E-state index is 6.08. The number of ether oxygens (including phenoxy) is 1. The quantitative estimate of drug-likeness (QED) is 0.676. The van der Waals surface area contributed by atoms with Crippen molar-refractivity contribution in [2.75, 3.05) is 43.1 Å². The molecule has 0 aliphatic carbocycles. The van der Waals surface area contributed by atoms with Crippen LogP contribution in [-0.2, 0) is 11.2 Å². The number of nitrogens with one attached hydrogen (secondary N) is 1. The lowest BCUT2D eigenvalue weighted by Gasteiger charge is -2.28. The van der Waals surface area contributed by atoms with Crippen LogP contribution >= 0.6 is 11.6 Å². The van der Waals surface area contributed by atoms with Crippen molar-refractivity contribution in [1.82, 2.24) is 9.97 Å². The average Bonchev–Trinajstić information content (AvgIpc) is 2.75. The van der Waals surface area contributed by atoms with Crippen LogP contribution in [0.15, 0.2) is 60.7 Å². The van der Waals surface area contributed by atoms with E-state index in [0.717, 1.165) is 61.4 Å². The van der Waals surface area contributed by atoms with Gasteiger partial charge >= 0.3 is 0 Å². The number of halogens is 1. The van der Waals surface area contributed by atoms with E-state index in [9.17, 15) is 0 Å². The second-order valence-corrected chi connectivity index (χ2v) is 7.14. The molecule has 1 aliphatic rings. The molecule has 2 aromatic carbocycles. The van der Waals surface area contributed by atoms with Gasteiger partial charge in [-0.05, 0) is 24.1 Å². The minimum atomic E-state index is 0.643. The minimum absolute atomic E-state index is 0.643. The molecule has 144 valence electrons. The van der Waals surface area contributed by atoms with Gasteiger partial charge < -0.3 is 15.0 Å². The standard InChI is InChI=1S/C22H23ClN4O/c23-19-8-4-5-17(15-19)9-10-24-22-25-20(18-6-2-1-3-7-18)16-21(26-22)27-11-13-28-14-12-27/h1-8,15-16H,9-14H2,(H,24,25,26). The van der Waals surface area contributed by atoms with Crippen LogP contribution in [0.4, 0.5) is 11.8 Å². The van der Waals surface area contributed by atoms with Gasteiger partial charge in [0.05, 0.1) is 18.9 Å². The average molecular weight is 395 g/mol. The van der Waals surface area contributed by atoms with Gasteiger partial charge in [-0.25, -0.2) is 4.98 Å². The third-order valence-corrected chi connectivity index (χ3v) is 4.94. The fraction of sp³-hybridized carbons (Fsp3) is 0.273. The molecule has 0 bridgehead atoms. The molecule has 5 nitrogen and oxygen atoms in total. The summed E-state index contributed by atoms with van der Waals surface area (Å²) in [6.07, 6.45) is 0.854. The number of nitrogens with zero attached hydrogens (tertiary/aromatic N) is 3. The lowest BCUT2D eigenvalue weighted by molar-refractivity contribution is 0.122. The maximum absolute atomic E-state index is 6.08. The highest BCUT2D eigenvalue weighted by molar-refractivity contribution is 6.30. The highest BCUT2D eigenvalue weighted by atomic mass is 35.5. The van der Waals surface area contributed by atoms with Crippen molar-refractivity contribution in [2.45, 2.75) is 6.42 Å². The zero-order valence-electron chi connectivity index (χ0n) is 15.6. The predicted octanol–water partition coefficient (Wildman–Crippen LogP) is 4.29. The summed E-state index contributed by atoms with van der Waals surface area (Å²) in [5.41, 5.74) is 3.19. The second kappa shape index (κ2) is 9.04. The van der Waals surface area contributed by atoms with E-state index in [1.54, 1.807) is 0 Å². The third kappa shape index (κ3) is 4.80. The number of hydrogen-bond acceptors (Lipinski definition) is 5. The van der Waals surface area contributed by atoms with Crippen molar-refractivity contribution >= 4 is 23.4 Å². The Bertz CT molecular complexity index is 913. The number of anilines is 2. The molecule has 0 spiro atoms. The first-order chi connectivity index (χ1) is 13.8. The van der Waals surface area contributed by atoms with E-state index < -0.39 is 0 Å². The monoisotopic (exact) mass is 394 g/mol. The van der Waals surface area contributed by atoms with Gasteiger partial charge in [0.2, 0.25) is 5.95 Å². The van der Waals surface area contributed by atoms with Crippen molar-refractivity contribution in [3.63, 3.8) is 0 Å². The van der Waals surface area contributed by atoms with Crippen LogP contribution in [0, 0.1) is 0 Å². The summed E-state index contributed by atoms with van der Waals surface area (Å²) >= 11 is 6.08. The van der Waals surface area contributed by atoms with Crippen LogP contribution in [0.1, 0.15) is 5.56 Å². The third-order valence-electron chi connectivity index (χ3n) is 4.70. The SMILES string of the molecule is Clc1cccc(CCNc2nc(-c3ccccc3)cc(N3CCOCC3)n2)c1. The van der Waals surface area contributed by atoms with Crippen molar-refractivity contribution < 1.29 is 4.74 Å². The summed E-state index contributed by atoms with van der Waals surface area (Å²) in [5, 5.41) is 4.14. The Morgan fingerprint density at radius 3 is 2.57 bits per heavy atom. The van der Waals surface area contributed by atoms with E-state index in [1.165, 1.54) is 5.56 Å². The van der Waals surface area contributed by atoms with Crippen LogP contribution in [0.3, 0.4) is 0 Å². The molecular formula is C22H23ClN4O. The molecule has 0 unspecified atom stereocenters. The maximum Gasteiger partial charge on any atom is 0.225 e. The number of rotatable bonds is 6. The molecule has 0 saturated carbocycles. The van der Waals surface area contributed by atoms with Crippen LogP contribution in [0.2, 0.25) is 5.02 Å². The highest BCUT2D eigenvalue weighted by Gasteiger charge is 2.15. The minimum Gasteiger partial charge on any atom is -0.378 e. The van der Waals surface area contributed by atoms with Gasteiger partial charge in [0.15, 0.2) is 0 Å². The summed E-state index contributed by atoms with van der Waals surface area (Å²) in [5.74, 6) is 1.58. The molecule has 2 heterocycles. The molecule has 1 N–H and O–H groups in total. The van der Waals surface area contributed by atoms with E-state index >= 15 is 0 Å². The smallest absolute Gasteiger partial charge is 0.225 e. The number of benzene rings is 2. The Hall–Kier alpha value is -2.63. The topological polar surface area (TPSA) is 50.3 Å². The molecule has 1 fully saturated rings. The molecule has 1 saturated heterocycles. The Kier molecular flexibility index (Phi) is 6.04. The van der Waals surface area contributed by atoms with Crippen LogP contribution < -0.4 is 10.2 Å². The molecule has 1 aromatic heterocycles. The Labute approximate surface area is 170 Å². The van der Waals surface area contributed by atoms with E-state index in [1.807, 2.05) is 36.4 Å². The molecule has 6 heteroatoms. The summed E-state index contributed by atoms with van der Waals surface area (Å²) in [4.78, 5) is 11.7. The highest BCUT2D eigenvalue weighted by Crippen LogP contribution is 2.24. The van der Waals surface area contributed by atoms with E-state index in [2.05, 4.69) is 34.5 Å². The molecule has 0 amide bonds. The summed E-state index contributed by atoms with van der Waals surface area (Å²) < 4.78 is 5.48. The van der Waals surface area contributed by atoms with Crippen molar-refractivity contribution in [1.29, 1.82) is 0 Å². The number of morpholine rings is 1. The molecule has 28 heavy (non-hydrogen) atoms. The van der Waals surface area contributed by atoms with Gasteiger partial charge in [0, 0.05) is 36.3 Å². The lowest BCUT2D eigenvalue weighted by atomic mass is 10.1. The summed E-state index contributed by atoms with van der Waals surface area (Å²) in [6, 6.07) is 20.2. The van der Waals surface area contributed by atoms with E-state index in [4.69, 9.17) is 26.3 Å². The molecule has 3 aromatic rings. The Balaban J connectivity index is 1.54. The van der Waals surface area contributed by atoms with Crippen LogP contribution in [0.5, 0.6) is 0 Å². The Morgan fingerprint density at radius 2 is 1.79 bits per heavy atom. The summed E-state index contributed by atoms with van der Waals surface area (Å²) in [7, 11) is 0. The number of aromatic nitrogens is 2. The largest absolute Gasteiger partial charge is 0.378 e. The normalized spacial score (nSPS) is 14.1. The Morgan fingerprint density at radius 1 is 0.964 bits per heavy atom. The van der Waals surface area contributed by atoms with Gasteiger partial charge in [-0.15, -0.1) is 0 Å². The zero-order chi connectivity index (χ0) is 19.2. The summed E-state index contributed by atoms with van der Waals surface area (Å²) in [6.45, 7) is 3.87. The molecule has 4 rings (SSSR count). The van der Waals surface area contributed by atoms with Crippen LogP contribution in [-0.4, -0.2) is 42.8 Å². The molecular weight excluding hydrogens is 372 g/mol. The molecule has 1 aliphatic heterocycles. The van der Waals surface area contributed by atoms with Gasteiger partial charge in [-0.3, -0.25) is 0 Å². The van der Waals surface area contributed by atoms with E-state index in [-0.39, 0.29) is 0 Å². The van der Waals surface area contributed by atoms with Gasteiger partial charge in [0.1, 0.15) is 5.82 Å². The predicted molar refractivity (Wildman–Crippen MR) is 114 cm³/mol. The fourth-order valence-electron chi connectivity index (χ4n) is 3.24. The fourth-order valence-corrected chi connectivity index (χ4v) is 3.45. The van der Waals surface area contributed by atoms with Gasteiger partial charge in [0.25, 0.3) is 0 Å². The lowest BCUT2D eigenvalue weighted by Crippen LogP contribution is -2.37. The zero-order valence-corrected chi connectivity index (χ0v) is 16.4.